The molecular weight excluding hydrogens is 311 g/mol. The van der Waals surface area contributed by atoms with Crippen molar-refractivity contribution in [3.05, 3.63) is 12.1 Å². The minimum Gasteiger partial charge on any atom is -0.506 e. The topological polar surface area (TPSA) is 191 Å². The Balaban J connectivity index is 0. The van der Waals surface area contributed by atoms with Gasteiger partial charge in [0.1, 0.15) is 22.9 Å². The summed E-state index contributed by atoms with van der Waals surface area (Å²) >= 11 is 0. The number of hydrogen-bond donors (Lipinski definition) is 7. The molecule has 0 saturated carbocycles. The summed E-state index contributed by atoms with van der Waals surface area (Å²) in [5, 5.41) is 36.1. The van der Waals surface area contributed by atoms with Gasteiger partial charge in [0.2, 0.25) is 11.9 Å². The maximum absolute atomic E-state index is 9.58. The second-order valence-electron chi connectivity index (χ2n) is 3.09. The molecule has 0 bridgehead atoms. The molecule has 10 N–H and O–H groups in total. The first-order valence-corrected chi connectivity index (χ1v) is 4.56. The molecule has 12 heteroatoms. The second kappa shape index (κ2) is 8.61. The van der Waals surface area contributed by atoms with Gasteiger partial charge in [0.05, 0.1) is 0 Å². The smallest absolute Gasteiger partial charge is 0.232 e. The predicted molar refractivity (Wildman–Crippen MR) is 80.1 cm³/mol. The fourth-order valence-electron chi connectivity index (χ4n) is 0.968. The Kier molecular flexibility index (Phi) is 8.55. The van der Waals surface area contributed by atoms with Crippen LogP contribution in [0, 0.1) is 5.41 Å². The number of rotatable bonds is 3. The molecule has 0 radical (unpaired) electrons. The zero-order chi connectivity index (χ0) is 13.7. The summed E-state index contributed by atoms with van der Waals surface area (Å²) in [4.78, 5) is 0. The molecule has 0 atom stereocenters. The summed E-state index contributed by atoms with van der Waals surface area (Å²) in [6, 6.07) is 2.24. The summed E-state index contributed by atoms with van der Waals surface area (Å²) in [6.07, 6.45) is 0. The number of halogens is 2. The van der Waals surface area contributed by atoms with Crippen molar-refractivity contribution in [3.63, 3.8) is 0 Å². The van der Waals surface area contributed by atoms with E-state index in [0.717, 1.165) is 12.1 Å². The average molecular weight is 325 g/mol. The summed E-state index contributed by atoms with van der Waals surface area (Å²) in [7, 11) is 0. The number of nitrogens with one attached hydrogen (secondary N) is 2. The minimum atomic E-state index is -0.531. The number of phenolic OH excluding ortho intramolecular Hbond substituents is 2. The normalized spacial score (nSPS) is 9.20. The highest BCUT2D eigenvalue weighted by atomic mass is 35.5. The van der Waals surface area contributed by atoms with Gasteiger partial charge in [0.15, 0.2) is 0 Å². The number of nitrogens with two attached hydrogens (primary N) is 3. The summed E-state index contributed by atoms with van der Waals surface area (Å²) in [5.74, 6) is -1.34. The standard InChI is InChI=1S/C8H12N8O2.2ClH/c9-7(10)15-13-3-1-5(17)4(2-6(3)18)14-16-8(11)12;;/h1-2,13,17-18H,(H3,11,12)(H4,9,10,15);2*1H. The lowest BCUT2D eigenvalue weighted by Crippen LogP contribution is -2.23. The van der Waals surface area contributed by atoms with E-state index >= 15 is 0 Å². The van der Waals surface area contributed by atoms with Crippen LogP contribution >= 0.6 is 24.8 Å². The number of aromatic hydroxyl groups is 2. The van der Waals surface area contributed by atoms with Gasteiger partial charge >= 0.3 is 0 Å². The van der Waals surface area contributed by atoms with Gasteiger partial charge in [-0.15, -0.1) is 40.1 Å². The molecule has 0 spiro atoms. The largest absolute Gasteiger partial charge is 0.506 e. The molecule has 0 aliphatic rings. The van der Waals surface area contributed by atoms with Crippen LogP contribution in [0.15, 0.2) is 27.5 Å². The van der Waals surface area contributed by atoms with Crippen molar-refractivity contribution >= 4 is 48.1 Å². The van der Waals surface area contributed by atoms with E-state index in [1.165, 1.54) is 0 Å². The molecule has 112 valence electrons. The Morgan fingerprint density at radius 3 is 2.20 bits per heavy atom. The van der Waals surface area contributed by atoms with Crippen LogP contribution in [0.3, 0.4) is 0 Å². The zero-order valence-electron chi connectivity index (χ0n) is 9.94. The van der Waals surface area contributed by atoms with E-state index in [-0.39, 0.29) is 53.6 Å². The van der Waals surface area contributed by atoms with Crippen molar-refractivity contribution in [1.29, 1.82) is 5.41 Å². The molecule has 0 aliphatic carbocycles. The van der Waals surface area contributed by atoms with Crippen molar-refractivity contribution in [2.75, 3.05) is 5.43 Å². The summed E-state index contributed by atoms with van der Waals surface area (Å²) in [5.41, 5.74) is 17.5. The van der Waals surface area contributed by atoms with Crippen molar-refractivity contribution in [1.82, 2.24) is 0 Å². The van der Waals surface area contributed by atoms with Crippen molar-refractivity contribution in [2.24, 2.45) is 32.5 Å². The number of anilines is 1. The molecule has 1 rings (SSSR count). The molecular formula is C8H14Cl2N8O2. The van der Waals surface area contributed by atoms with Crippen LogP contribution in [0.2, 0.25) is 0 Å². The first-order chi connectivity index (χ1) is 8.40. The van der Waals surface area contributed by atoms with Crippen LogP contribution in [0.1, 0.15) is 0 Å². The van der Waals surface area contributed by atoms with Crippen LogP contribution in [-0.4, -0.2) is 22.1 Å². The Hall–Kier alpha value is -2.46. The van der Waals surface area contributed by atoms with Gasteiger partial charge in [0, 0.05) is 12.1 Å². The first-order valence-electron chi connectivity index (χ1n) is 4.56. The van der Waals surface area contributed by atoms with Crippen molar-refractivity contribution in [3.8, 4) is 11.5 Å². The molecule has 0 saturated heterocycles. The molecule has 0 heterocycles. The highest BCUT2D eigenvalue weighted by Crippen LogP contribution is 2.36. The SMILES string of the molecule is Cl.Cl.N=C(N)N=Nc1cc(O)c(NN=C(N)N)cc1O. The lowest BCUT2D eigenvalue weighted by atomic mass is 10.2. The van der Waals surface area contributed by atoms with Gasteiger partial charge in [0.25, 0.3) is 0 Å². The van der Waals surface area contributed by atoms with E-state index < -0.39 is 5.96 Å². The van der Waals surface area contributed by atoms with Crippen LogP contribution in [-0.2, 0) is 0 Å². The molecule has 1 aromatic carbocycles. The van der Waals surface area contributed by atoms with Crippen LogP contribution < -0.4 is 22.6 Å². The molecule has 1 aromatic rings. The van der Waals surface area contributed by atoms with E-state index in [9.17, 15) is 10.2 Å². The van der Waals surface area contributed by atoms with Crippen LogP contribution in [0.4, 0.5) is 11.4 Å². The highest BCUT2D eigenvalue weighted by molar-refractivity contribution is 5.85. The summed E-state index contributed by atoms with van der Waals surface area (Å²) < 4.78 is 0. The lowest BCUT2D eigenvalue weighted by Gasteiger charge is -2.06. The number of hydrogen-bond acceptors (Lipinski definition) is 6. The summed E-state index contributed by atoms with van der Waals surface area (Å²) in [6.45, 7) is 0. The first kappa shape index (κ1) is 19.9. The Bertz CT molecular complexity index is 529. The zero-order valence-corrected chi connectivity index (χ0v) is 11.6. The van der Waals surface area contributed by atoms with Gasteiger partial charge in [-0.05, 0) is 0 Å². The van der Waals surface area contributed by atoms with Gasteiger partial charge < -0.3 is 27.4 Å². The molecule has 0 aliphatic heterocycles. The molecule has 0 aromatic heterocycles. The van der Waals surface area contributed by atoms with Gasteiger partial charge in [-0.3, -0.25) is 10.8 Å². The number of phenols is 2. The number of guanidine groups is 2. The van der Waals surface area contributed by atoms with E-state index in [0.29, 0.717) is 0 Å². The maximum Gasteiger partial charge on any atom is 0.232 e. The Morgan fingerprint density at radius 1 is 1.10 bits per heavy atom. The quantitative estimate of drug-likeness (QED) is 0.106. The van der Waals surface area contributed by atoms with E-state index in [2.05, 4.69) is 20.8 Å². The van der Waals surface area contributed by atoms with E-state index in [1.54, 1.807) is 0 Å². The Labute approximate surface area is 126 Å². The monoisotopic (exact) mass is 324 g/mol. The second-order valence-corrected chi connectivity index (χ2v) is 3.09. The number of benzene rings is 1. The van der Waals surface area contributed by atoms with Crippen LogP contribution in [0.5, 0.6) is 11.5 Å². The van der Waals surface area contributed by atoms with Gasteiger partial charge in [-0.2, -0.15) is 0 Å². The lowest BCUT2D eigenvalue weighted by molar-refractivity contribution is 0.463. The third kappa shape index (κ3) is 5.93. The number of nitrogens with zero attached hydrogens (tertiary/aromatic N) is 3. The van der Waals surface area contributed by atoms with Gasteiger partial charge in [-0.1, -0.05) is 0 Å². The number of hydrazone groups is 1. The third-order valence-corrected chi connectivity index (χ3v) is 1.66. The Morgan fingerprint density at radius 2 is 1.70 bits per heavy atom. The highest BCUT2D eigenvalue weighted by Gasteiger charge is 2.08. The average Bonchev–Trinajstić information content (AvgIpc) is 2.27. The fourth-order valence-corrected chi connectivity index (χ4v) is 0.968. The maximum atomic E-state index is 9.58. The van der Waals surface area contributed by atoms with E-state index in [4.69, 9.17) is 22.6 Å². The van der Waals surface area contributed by atoms with Crippen LogP contribution in [0.25, 0.3) is 0 Å². The van der Waals surface area contributed by atoms with Crippen molar-refractivity contribution in [2.45, 2.75) is 0 Å². The molecule has 20 heavy (non-hydrogen) atoms. The molecule has 0 fully saturated rings. The van der Waals surface area contributed by atoms with Gasteiger partial charge in [-0.25, -0.2) is 0 Å². The predicted octanol–water partition coefficient (Wildman–Crippen LogP) is 0.519. The minimum absolute atomic E-state index is 0. The van der Waals surface area contributed by atoms with E-state index in [1.807, 2.05) is 0 Å². The van der Waals surface area contributed by atoms with Crippen molar-refractivity contribution < 1.29 is 10.2 Å². The molecule has 10 nitrogen and oxygen atoms in total. The molecule has 0 unspecified atom stereocenters. The number of azo groups is 1. The fraction of sp³-hybridized carbons (Fsp3) is 0. The molecule has 0 amide bonds. The third-order valence-electron chi connectivity index (χ3n) is 1.66.